The molecule has 0 fully saturated rings. The van der Waals surface area contributed by atoms with E-state index in [-0.39, 0.29) is 12.3 Å². The minimum absolute atomic E-state index is 0.0342. The zero-order valence-corrected chi connectivity index (χ0v) is 12.5. The molecule has 0 saturated heterocycles. The van der Waals surface area contributed by atoms with Gasteiger partial charge in [-0.15, -0.1) is 0 Å². The Labute approximate surface area is 122 Å². The zero-order chi connectivity index (χ0) is 14.6. The summed E-state index contributed by atoms with van der Waals surface area (Å²) in [5.74, 6) is -0.0557. The molecule has 19 heavy (non-hydrogen) atoms. The van der Waals surface area contributed by atoms with Crippen LogP contribution >= 0.6 is 23.2 Å². The summed E-state index contributed by atoms with van der Waals surface area (Å²) < 4.78 is 0. The van der Waals surface area contributed by atoms with Gasteiger partial charge < -0.3 is 10.6 Å². The van der Waals surface area contributed by atoms with Crippen LogP contribution in [0.2, 0.25) is 10.0 Å². The van der Waals surface area contributed by atoms with Gasteiger partial charge in [-0.05, 0) is 18.2 Å². The lowest BCUT2D eigenvalue weighted by molar-refractivity contribution is -0.125. The normalized spacial score (nSPS) is 11.0. The summed E-state index contributed by atoms with van der Waals surface area (Å²) in [7, 11) is 0. The number of hydrogen-bond acceptors (Lipinski definition) is 2. The molecule has 0 atom stereocenters. The Morgan fingerprint density at radius 1 is 1.21 bits per heavy atom. The molecular formula is C13H16Cl2N2O2. The van der Waals surface area contributed by atoms with Gasteiger partial charge in [0.15, 0.2) is 5.78 Å². The minimum atomic E-state index is -0.498. The Morgan fingerprint density at radius 2 is 1.84 bits per heavy atom. The number of amides is 2. The van der Waals surface area contributed by atoms with E-state index in [2.05, 4.69) is 10.6 Å². The van der Waals surface area contributed by atoms with Crippen LogP contribution in [0.5, 0.6) is 0 Å². The number of carbonyl (C=O) groups is 2. The van der Waals surface area contributed by atoms with Crippen molar-refractivity contribution in [1.29, 1.82) is 0 Å². The maximum atomic E-state index is 11.7. The molecule has 0 aliphatic heterocycles. The summed E-state index contributed by atoms with van der Waals surface area (Å²) >= 11 is 11.7. The van der Waals surface area contributed by atoms with Gasteiger partial charge in [0.1, 0.15) is 0 Å². The maximum absolute atomic E-state index is 11.7. The van der Waals surface area contributed by atoms with Gasteiger partial charge in [0.25, 0.3) is 0 Å². The van der Waals surface area contributed by atoms with Crippen LogP contribution in [-0.2, 0) is 4.79 Å². The molecule has 2 N–H and O–H groups in total. The molecule has 1 aromatic carbocycles. The van der Waals surface area contributed by atoms with Gasteiger partial charge in [-0.2, -0.15) is 0 Å². The van der Waals surface area contributed by atoms with Crippen molar-refractivity contribution in [2.75, 3.05) is 11.9 Å². The summed E-state index contributed by atoms with van der Waals surface area (Å²) in [6.45, 7) is 5.35. The van der Waals surface area contributed by atoms with Gasteiger partial charge in [-0.25, -0.2) is 4.79 Å². The van der Waals surface area contributed by atoms with E-state index in [1.54, 1.807) is 32.9 Å². The third kappa shape index (κ3) is 5.09. The average Bonchev–Trinajstić information content (AvgIpc) is 2.29. The third-order valence-corrected chi connectivity index (χ3v) is 2.99. The molecule has 0 bridgehead atoms. The topological polar surface area (TPSA) is 58.2 Å². The van der Waals surface area contributed by atoms with E-state index in [1.165, 1.54) is 6.07 Å². The Hall–Kier alpha value is -1.26. The molecule has 0 aliphatic carbocycles. The van der Waals surface area contributed by atoms with Crippen molar-refractivity contribution < 1.29 is 9.59 Å². The van der Waals surface area contributed by atoms with Crippen LogP contribution in [-0.4, -0.2) is 18.4 Å². The van der Waals surface area contributed by atoms with E-state index >= 15 is 0 Å². The van der Waals surface area contributed by atoms with E-state index < -0.39 is 11.4 Å². The van der Waals surface area contributed by atoms with E-state index in [9.17, 15) is 9.59 Å². The molecule has 1 rings (SSSR count). The molecule has 0 heterocycles. The van der Waals surface area contributed by atoms with Crippen LogP contribution in [0, 0.1) is 5.41 Å². The highest BCUT2D eigenvalue weighted by Crippen LogP contribution is 2.25. The Bertz CT molecular complexity index is 496. The molecule has 4 nitrogen and oxygen atoms in total. The van der Waals surface area contributed by atoms with Crippen LogP contribution in [0.4, 0.5) is 10.5 Å². The van der Waals surface area contributed by atoms with Crippen molar-refractivity contribution >= 4 is 40.7 Å². The molecule has 0 aliphatic rings. The number of hydrogen-bond donors (Lipinski definition) is 2. The predicted octanol–water partition coefficient (Wildman–Crippen LogP) is 3.73. The minimum Gasteiger partial charge on any atom is -0.331 e. The molecule has 2 amide bonds. The number of anilines is 1. The summed E-state index contributed by atoms with van der Waals surface area (Å²) in [5.41, 5.74) is -0.0871. The van der Waals surface area contributed by atoms with Crippen molar-refractivity contribution in [1.82, 2.24) is 5.32 Å². The first-order chi connectivity index (χ1) is 8.70. The Kier molecular flexibility index (Phi) is 5.20. The van der Waals surface area contributed by atoms with Gasteiger partial charge >= 0.3 is 6.03 Å². The molecule has 0 aromatic heterocycles. The van der Waals surface area contributed by atoms with Crippen LogP contribution < -0.4 is 10.6 Å². The second-order valence-corrected chi connectivity index (χ2v) is 5.95. The average molecular weight is 303 g/mol. The second kappa shape index (κ2) is 6.26. The van der Waals surface area contributed by atoms with E-state index in [4.69, 9.17) is 23.2 Å². The van der Waals surface area contributed by atoms with Gasteiger partial charge in [-0.1, -0.05) is 44.0 Å². The molecule has 0 radical (unpaired) electrons. The largest absolute Gasteiger partial charge is 0.331 e. The van der Waals surface area contributed by atoms with Gasteiger partial charge in [0.05, 0.1) is 17.3 Å². The summed E-state index contributed by atoms with van der Waals surface area (Å²) in [6.07, 6.45) is 0. The maximum Gasteiger partial charge on any atom is 0.319 e. The quantitative estimate of drug-likeness (QED) is 0.894. The van der Waals surface area contributed by atoms with Crippen LogP contribution in [0.3, 0.4) is 0 Å². The number of rotatable bonds is 3. The lowest BCUT2D eigenvalue weighted by Crippen LogP contribution is -2.37. The Morgan fingerprint density at radius 3 is 2.42 bits per heavy atom. The molecule has 1 aromatic rings. The van der Waals surface area contributed by atoms with E-state index in [1.807, 2.05) is 0 Å². The number of benzene rings is 1. The fourth-order valence-corrected chi connectivity index (χ4v) is 1.52. The monoisotopic (exact) mass is 302 g/mol. The molecule has 0 saturated carbocycles. The Balaban J connectivity index is 2.57. The highest BCUT2D eigenvalue weighted by molar-refractivity contribution is 6.35. The molecule has 0 unspecified atom stereocenters. The lowest BCUT2D eigenvalue weighted by atomic mass is 9.91. The summed E-state index contributed by atoms with van der Waals surface area (Å²) in [6, 6.07) is 4.24. The molecule has 0 spiro atoms. The number of carbonyl (C=O) groups excluding carboxylic acids is 2. The van der Waals surface area contributed by atoms with Crippen LogP contribution in [0.1, 0.15) is 20.8 Å². The fourth-order valence-electron chi connectivity index (χ4n) is 1.19. The van der Waals surface area contributed by atoms with Crippen molar-refractivity contribution in [2.24, 2.45) is 5.41 Å². The van der Waals surface area contributed by atoms with Crippen molar-refractivity contribution in [3.8, 4) is 0 Å². The lowest BCUT2D eigenvalue weighted by Gasteiger charge is -2.17. The van der Waals surface area contributed by atoms with Crippen LogP contribution in [0.25, 0.3) is 0 Å². The zero-order valence-electron chi connectivity index (χ0n) is 11.0. The highest BCUT2D eigenvalue weighted by Gasteiger charge is 2.21. The number of halogens is 2. The molecule has 104 valence electrons. The number of ketones is 1. The van der Waals surface area contributed by atoms with Gasteiger partial charge in [0.2, 0.25) is 0 Å². The smallest absolute Gasteiger partial charge is 0.319 e. The number of urea groups is 1. The first-order valence-corrected chi connectivity index (χ1v) is 6.49. The molecule has 6 heteroatoms. The number of Topliss-reactive ketones (excluding diaryl/α,β-unsaturated/α-hetero) is 1. The van der Waals surface area contributed by atoms with Crippen molar-refractivity contribution in [2.45, 2.75) is 20.8 Å². The van der Waals surface area contributed by atoms with Crippen molar-refractivity contribution in [3.63, 3.8) is 0 Å². The third-order valence-electron chi connectivity index (χ3n) is 2.42. The van der Waals surface area contributed by atoms with E-state index in [0.717, 1.165) is 0 Å². The standard InChI is InChI=1S/C13H16Cl2N2O2/c1-13(2,3)11(18)7-16-12(19)17-10-6-8(14)4-5-9(10)15/h4-6H,7H2,1-3H3,(H2,16,17,19). The second-order valence-electron chi connectivity index (χ2n) is 5.11. The highest BCUT2D eigenvalue weighted by atomic mass is 35.5. The van der Waals surface area contributed by atoms with Gasteiger partial charge in [-0.3, -0.25) is 4.79 Å². The number of nitrogens with one attached hydrogen (secondary N) is 2. The predicted molar refractivity (Wildman–Crippen MR) is 77.9 cm³/mol. The fraction of sp³-hybridized carbons (Fsp3) is 0.385. The van der Waals surface area contributed by atoms with E-state index in [0.29, 0.717) is 15.7 Å². The first-order valence-electron chi connectivity index (χ1n) is 5.73. The summed E-state index contributed by atoms with van der Waals surface area (Å²) in [5, 5.41) is 5.86. The molecular weight excluding hydrogens is 287 g/mol. The SMILES string of the molecule is CC(C)(C)C(=O)CNC(=O)Nc1cc(Cl)ccc1Cl. The first kappa shape index (κ1) is 15.8. The van der Waals surface area contributed by atoms with Crippen molar-refractivity contribution in [3.05, 3.63) is 28.2 Å². The van der Waals surface area contributed by atoms with Crippen LogP contribution in [0.15, 0.2) is 18.2 Å². The summed E-state index contributed by atoms with van der Waals surface area (Å²) in [4.78, 5) is 23.3. The van der Waals surface area contributed by atoms with Gasteiger partial charge in [0, 0.05) is 10.4 Å².